The first kappa shape index (κ1) is 15.7. The van der Waals surface area contributed by atoms with Gasteiger partial charge in [0.1, 0.15) is 5.82 Å². The highest BCUT2D eigenvalue weighted by Gasteiger charge is 2.27. The summed E-state index contributed by atoms with van der Waals surface area (Å²) >= 11 is 0. The summed E-state index contributed by atoms with van der Waals surface area (Å²) in [4.78, 5) is 14.6. The van der Waals surface area contributed by atoms with Crippen molar-refractivity contribution >= 4 is 5.91 Å². The predicted octanol–water partition coefficient (Wildman–Crippen LogP) is 2.86. The number of aromatic amines is 1. The van der Waals surface area contributed by atoms with E-state index in [1.54, 1.807) is 12.1 Å². The van der Waals surface area contributed by atoms with Gasteiger partial charge in [-0.2, -0.15) is 5.10 Å². The van der Waals surface area contributed by atoms with Gasteiger partial charge >= 0.3 is 0 Å². The zero-order chi connectivity index (χ0) is 16.2. The van der Waals surface area contributed by atoms with Crippen molar-refractivity contribution < 1.29 is 13.9 Å². The number of nitrogens with one attached hydrogen (secondary N) is 1. The van der Waals surface area contributed by atoms with Crippen LogP contribution in [0.15, 0.2) is 30.5 Å². The number of piperidine rings is 1. The van der Waals surface area contributed by atoms with Gasteiger partial charge in [-0.15, -0.1) is 0 Å². The largest absolute Gasteiger partial charge is 0.377 e. The fourth-order valence-electron chi connectivity index (χ4n) is 2.95. The number of hydrogen-bond donors (Lipinski definition) is 1. The van der Waals surface area contributed by atoms with Crippen molar-refractivity contribution in [3.8, 4) is 11.3 Å². The number of rotatable bonds is 4. The summed E-state index contributed by atoms with van der Waals surface area (Å²) in [5.41, 5.74) is 1.87. The number of carbonyl (C=O) groups is 1. The summed E-state index contributed by atoms with van der Waals surface area (Å²) in [5, 5.41) is 6.84. The van der Waals surface area contributed by atoms with Gasteiger partial charge in [-0.1, -0.05) is 0 Å². The Morgan fingerprint density at radius 2 is 2.22 bits per heavy atom. The lowest BCUT2D eigenvalue weighted by Gasteiger charge is -2.32. The van der Waals surface area contributed by atoms with E-state index in [-0.39, 0.29) is 17.8 Å². The Kier molecular flexibility index (Phi) is 4.71. The Hall–Kier alpha value is -2.21. The molecule has 1 fully saturated rings. The molecule has 1 amide bonds. The van der Waals surface area contributed by atoms with Crippen molar-refractivity contribution in [3.05, 3.63) is 41.8 Å². The fraction of sp³-hybridized carbons (Fsp3) is 0.412. The van der Waals surface area contributed by atoms with Crippen LogP contribution in [0.25, 0.3) is 11.3 Å². The molecule has 0 saturated carbocycles. The normalized spacial score (nSPS) is 18.2. The molecule has 1 saturated heterocycles. The molecule has 3 rings (SSSR count). The molecule has 1 aliphatic heterocycles. The molecule has 1 aromatic heterocycles. The molecule has 2 aromatic rings. The molecule has 1 N–H and O–H groups in total. The molecule has 0 bridgehead atoms. The van der Waals surface area contributed by atoms with Crippen molar-refractivity contribution in [1.29, 1.82) is 0 Å². The smallest absolute Gasteiger partial charge is 0.257 e. The topological polar surface area (TPSA) is 58.2 Å². The molecule has 23 heavy (non-hydrogen) atoms. The summed E-state index contributed by atoms with van der Waals surface area (Å²) in [6.07, 6.45) is 3.54. The number of hydrogen-bond acceptors (Lipinski definition) is 3. The molecule has 1 aromatic carbocycles. The van der Waals surface area contributed by atoms with Crippen LogP contribution in [0.4, 0.5) is 4.39 Å². The first-order valence-electron chi connectivity index (χ1n) is 7.89. The third-order valence-electron chi connectivity index (χ3n) is 4.07. The Balaban J connectivity index is 1.80. The van der Waals surface area contributed by atoms with Gasteiger partial charge in [-0.05, 0) is 44.0 Å². The van der Waals surface area contributed by atoms with E-state index in [9.17, 15) is 9.18 Å². The second kappa shape index (κ2) is 6.91. The van der Waals surface area contributed by atoms with Gasteiger partial charge in [0.2, 0.25) is 0 Å². The minimum atomic E-state index is -0.309. The summed E-state index contributed by atoms with van der Waals surface area (Å²) < 4.78 is 18.7. The Morgan fingerprint density at radius 3 is 2.96 bits per heavy atom. The van der Waals surface area contributed by atoms with Crippen molar-refractivity contribution in [2.24, 2.45) is 0 Å². The Bertz CT molecular complexity index is 667. The Labute approximate surface area is 134 Å². The number of likely N-dealkylation sites (tertiary alicyclic amines) is 1. The van der Waals surface area contributed by atoms with E-state index in [1.807, 2.05) is 11.8 Å². The molecule has 1 aliphatic rings. The Morgan fingerprint density at radius 1 is 1.43 bits per heavy atom. The van der Waals surface area contributed by atoms with Gasteiger partial charge in [-0.3, -0.25) is 9.89 Å². The molecule has 6 heteroatoms. The first-order valence-corrected chi connectivity index (χ1v) is 7.89. The van der Waals surface area contributed by atoms with E-state index in [0.29, 0.717) is 24.4 Å². The van der Waals surface area contributed by atoms with Crippen molar-refractivity contribution in [1.82, 2.24) is 15.1 Å². The van der Waals surface area contributed by atoms with Crippen LogP contribution in [0, 0.1) is 5.82 Å². The minimum absolute atomic E-state index is 0.0671. The average Bonchev–Trinajstić information content (AvgIpc) is 3.05. The van der Waals surface area contributed by atoms with Gasteiger partial charge in [-0.25, -0.2) is 4.39 Å². The number of amides is 1. The fourth-order valence-corrected chi connectivity index (χ4v) is 2.95. The molecule has 1 atom stereocenters. The summed E-state index contributed by atoms with van der Waals surface area (Å²) in [6.45, 7) is 3.93. The van der Waals surface area contributed by atoms with E-state index in [1.165, 1.54) is 18.3 Å². The van der Waals surface area contributed by atoms with Crippen molar-refractivity contribution in [2.75, 3.05) is 19.7 Å². The van der Waals surface area contributed by atoms with E-state index in [4.69, 9.17) is 4.74 Å². The first-order chi connectivity index (χ1) is 11.2. The third kappa shape index (κ3) is 3.42. The van der Waals surface area contributed by atoms with Crippen LogP contribution in [-0.2, 0) is 4.74 Å². The quantitative estimate of drug-likeness (QED) is 0.943. The highest BCUT2D eigenvalue weighted by atomic mass is 19.1. The summed E-state index contributed by atoms with van der Waals surface area (Å²) in [7, 11) is 0. The van der Waals surface area contributed by atoms with Gasteiger partial charge < -0.3 is 9.64 Å². The molecule has 122 valence electrons. The molecular weight excluding hydrogens is 297 g/mol. The molecule has 0 radical (unpaired) electrons. The highest BCUT2D eigenvalue weighted by molar-refractivity contribution is 5.99. The highest BCUT2D eigenvalue weighted by Crippen LogP contribution is 2.24. The van der Waals surface area contributed by atoms with Gasteiger partial charge in [0.05, 0.1) is 23.6 Å². The summed E-state index contributed by atoms with van der Waals surface area (Å²) in [5.74, 6) is -0.376. The number of nitrogens with zero attached hydrogens (tertiary/aromatic N) is 2. The monoisotopic (exact) mass is 317 g/mol. The number of benzene rings is 1. The molecule has 0 aliphatic carbocycles. The molecule has 2 heterocycles. The van der Waals surface area contributed by atoms with E-state index >= 15 is 0 Å². The van der Waals surface area contributed by atoms with E-state index in [2.05, 4.69) is 10.2 Å². The molecule has 5 nitrogen and oxygen atoms in total. The van der Waals surface area contributed by atoms with E-state index < -0.39 is 0 Å². The number of carbonyl (C=O) groups excluding carboxylic acids is 1. The van der Waals surface area contributed by atoms with Gasteiger partial charge in [0, 0.05) is 25.3 Å². The standard InChI is InChI=1S/C17H20FN3O2/c1-2-23-14-4-3-9-21(11-14)17(22)15-10-19-20-16(15)12-5-7-13(18)8-6-12/h5-8,10,14H,2-4,9,11H2,1H3,(H,19,20)/t14-/m0/s1. The van der Waals surface area contributed by atoms with Crippen LogP contribution in [0.3, 0.4) is 0 Å². The predicted molar refractivity (Wildman–Crippen MR) is 84.5 cm³/mol. The van der Waals surface area contributed by atoms with Crippen LogP contribution in [0.5, 0.6) is 0 Å². The second-order valence-corrected chi connectivity index (χ2v) is 5.64. The van der Waals surface area contributed by atoms with Crippen LogP contribution < -0.4 is 0 Å². The number of ether oxygens (including phenoxy) is 1. The molecule has 0 spiro atoms. The SMILES string of the molecule is CCO[C@H]1CCCN(C(=O)c2cn[nH]c2-c2ccc(F)cc2)C1. The van der Waals surface area contributed by atoms with Crippen LogP contribution in [0.2, 0.25) is 0 Å². The molecule has 0 unspecified atom stereocenters. The lowest BCUT2D eigenvalue weighted by atomic mass is 10.0. The second-order valence-electron chi connectivity index (χ2n) is 5.64. The zero-order valence-corrected chi connectivity index (χ0v) is 13.1. The number of H-pyrrole nitrogens is 1. The van der Waals surface area contributed by atoms with Crippen LogP contribution >= 0.6 is 0 Å². The average molecular weight is 317 g/mol. The van der Waals surface area contributed by atoms with Crippen molar-refractivity contribution in [2.45, 2.75) is 25.9 Å². The maximum atomic E-state index is 13.1. The molecular formula is C17H20FN3O2. The van der Waals surface area contributed by atoms with Crippen molar-refractivity contribution in [3.63, 3.8) is 0 Å². The lowest BCUT2D eigenvalue weighted by Crippen LogP contribution is -2.43. The lowest BCUT2D eigenvalue weighted by molar-refractivity contribution is 0.00727. The van der Waals surface area contributed by atoms with Crippen LogP contribution in [-0.4, -0.2) is 46.8 Å². The minimum Gasteiger partial charge on any atom is -0.377 e. The third-order valence-corrected chi connectivity index (χ3v) is 4.07. The van der Waals surface area contributed by atoms with E-state index in [0.717, 1.165) is 24.9 Å². The number of halogens is 1. The maximum Gasteiger partial charge on any atom is 0.257 e. The number of aromatic nitrogens is 2. The van der Waals surface area contributed by atoms with Gasteiger partial charge in [0.15, 0.2) is 0 Å². The zero-order valence-electron chi connectivity index (χ0n) is 13.1. The van der Waals surface area contributed by atoms with Crippen LogP contribution in [0.1, 0.15) is 30.1 Å². The maximum absolute atomic E-state index is 13.1. The van der Waals surface area contributed by atoms with Gasteiger partial charge in [0.25, 0.3) is 5.91 Å². The summed E-state index contributed by atoms with van der Waals surface area (Å²) in [6, 6.07) is 6.02.